The van der Waals surface area contributed by atoms with Crippen LogP contribution in [0.1, 0.15) is 26.2 Å². The van der Waals surface area contributed by atoms with Crippen LogP contribution in [0, 0.1) is 5.41 Å². The van der Waals surface area contributed by atoms with E-state index >= 15 is 0 Å². The molecule has 1 aliphatic rings. The molecule has 1 aliphatic heterocycles. The van der Waals surface area contributed by atoms with Crippen molar-refractivity contribution >= 4 is 17.9 Å². The van der Waals surface area contributed by atoms with Crippen LogP contribution in [0.25, 0.3) is 0 Å². The highest BCUT2D eigenvalue weighted by Crippen LogP contribution is 2.28. The molecule has 0 bridgehead atoms. The van der Waals surface area contributed by atoms with Crippen LogP contribution < -0.4 is 10.4 Å². The molecule has 1 saturated heterocycles. The molecular weight excluding hydrogens is 286 g/mol. The van der Waals surface area contributed by atoms with Crippen molar-refractivity contribution in [3.63, 3.8) is 0 Å². The van der Waals surface area contributed by atoms with Crippen LogP contribution >= 0.6 is 0 Å². The van der Waals surface area contributed by atoms with Crippen LogP contribution in [0.5, 0.6) is 0 Å². The molecule has 0 radical (unpaired) electrons. The quantitative estimate of drug-likeness (QED) is 0.365. The van der Waals surface area contributed by atoms with Gasteiger partial charge in [-0.25, -0.2) is 9.59 Å². The van der Waals surface area contributed by atoms with Crippen molar-refractivity contribution in [1.29, 1.82) is 0 Å². The third kappa shape index (κ3) is 5.66. The average molecular weight is 306 g/mol. The lowest BCUT2D eigenvalue weighted by Crippen LogP contribution is -2.51. The average Bonchev–Trinajstić information content (AvgIpc) is 2.46. The number of aliphatic hydroxyl groups excluding tert-OH is 2. The van der Waals surface area contributed by atoms with Crippen molar-refractivity contribution in [3.8, 4) is 0 Å². The molecule has 0 aromatic heterocycles. The minimum absolute atomic E-state index is 0.575. The first-order valence-corrected chi connectivity index (χ1v) is 6.42. The van der Waals surface area contributed by atoms with Gasteiger partial charge in [-0.15, -0.1) is 0 Å². The Balaban J connectivity index is 0.000000384. The molecule has 9 nitrogen and oxygen atoms in total. The molecule has 0 aromatic carbocycles. The molecule has 1 heterocycles. The Morgan fingerprint density at radius 3 is 1.86 bits per heavy atom. The van der Waals surface area contributed by atoms with E-state index in [0.29, 0.717) is 13.0 Å². The van der Waals surface area contributed by atoms with Gasteiger partial charge < -0.3 is 35.6 Å². The molecule has 3 atom stereocenters. The molecular formula is C12H20NO8-. The molecule has 0 aliphatic carbocycles. The fourth-order valence-electron chi connectivity index (χ4n) is 1.86. The van der Waals surface area contributed by atoms with E-state index in [4.69, 9.17) is 20.4 Å². The van der Waals surface area contributed by atoms with Crippen molar-refractivity contribution < 1.29 is 39.9 Å². The van der Waals surface area contributed by atoms with Crippen LogP contribution in [-0.2, 0) is 14.4 Å². The summed E-state index contributed by atoms with van der Waals surface area (Å²) in [5.41, 5.74) is -0.585. The lowest BCUT2D eigenvalue weighted by atomic mass is 9.78. The normalized spacial score (nSPS) is 24.1. The molecule has 0 spiro atoms. The summed E-state index contributed by atoms with van der Waals surface area (Å²) in [6, 6.07) is 0. The summed E-state index contributed by atoms with van der Waals surface area (Å²) in [5.74, 6) is -4.43. The number of rotatable bonds is 5. The Morgan fingerprint density at radius 1 is 1.19 bits per heavy atom. The fourth-order valence-corrected chi connectivity index (χ4v) is 1.86. The number of aliphatic carboxylic acids is 3. The predicted octanol–water partition coefficient (Wildman–Crippen LogP) is -2.61. The summed E-state index contributed by atoms with van der Waals surface area (Å²) < 4.78 is 0. The molecule has 1 fully saturated rings. The number of carbonyl (C=O) groups excluding carboxylic acids is 1. The number of piperidine rings is 1. The Hall–Kier alpha value is -1.71. The molecule has 9 heteroatoms. The Labute approximate surface area is 121 Å². The number of carboxylic acids is 3. The lowest BCUT2D eigenvalue weighted by molar-refractivity contribution is -0.320. The molecule has 2 unspecified atom stereocenters. The van der Waals surface area contributed by atoms with Gasteiger partial charge >= 0.3 is 11.9 Å². The van der Waals surface area contributed by atoms with E-state index in [2.05, 4.69) is 5.32 Å². The smallest absolute Gasteiger partial charge is 0.335 e. The monoisotopic (exact) mass is 306 g/mol. The molecule has 122 valence electrons. The van der Waals surface area contributed by atoms with Crippen molar-refractivity contribution in [2.75, 3.05) is 13.1 Å². The summed E-state index contributed by atoms with van der Waals surface area (Å²) in [7, 11) is 0. The van der Waals surface area contributed by atoms with Crippen LogP contribution in [0.3, 0.4) is 0 Å². The van der Waals surface area contributed by atoms with Crippen LogP contribution in [0.4, 0.5) is 0 Å². The van der Waals surface area contributed by atoms with Gasteiger partial charge in [-0.05, 0) is 25.8 Å². The minimum atomic E-state index is -2.27. The second-order valence-corrected chi connectivity index (χ2v) is 4.77. The largest absolute Gasteiger partial charge is 0.550 e. The van der Waals surface area contributed by atoms with E-state index in [-0.39, 0.29) is 0 Å². The van der Waals surface area contributed by atoms with E-state index in [1.165, 1.54) is 0 Å². The Morgan fingerprint density at radius 2 is 1.67 bits per heavy atom. The van der Waals surface area contributed by atoms with Gasteiger partial charge in [-0.2, -0.15) is 0 Å². The summed E-state index contributed by atoms with van der Waals surface area (Å²) in [6.07, 6.45) is -2.15. The van der Waals surface area contributed by atoms with Gasteiger partial charge in [0.05, 0.1) is 0 Å². The van der Waals surface area contributed by atoms with Crippen LogP contribution in [-0.4, -0.2) is 63.6 Å². The summed E-state index contributed by atoms with van der Waals surface area (Å²) in [4.78, 5) is 30.3. The molecule has 0 aromatic rings. The van der Waals surface area contributed by atoms with E-state index < -0.39 is 35.5 Å². The Kier molecular flexibility index (Phi) is 7.85. The van der Waals surface area contributed by atoms with E-state index in [0.717, 1.165) is 19.4 Å². The number of hydrogen-bond acceptors (Lipinski definition) is 7. The van der Waals surface area contributed by atoms with Gasteiger partial charge in [0.25, 0.3) is 0 Å². The molecule has 1 rings (SSSR count). The first kappa shape index (κ1) is 19.3. The second-order valence-electron chi connectivity index (χ2n) is 4.77. The number of carbonyl (C=O) groups is 3. The van der Waals surface area contributed by atoms with Crippen molar-refractivity contribution in [1.82, 2.24) is 5.32 Å². The molecule has 21 heavy (non-hydrogen) atoms. The first-order valence-electron chi connectivity index (χ1n) is 6.42. The number of carboxylic acid groups (broad SMARTS) is 3. The first-order chi connectivity index (χ1) is 9.68. The molecule has 0 amide bonds. The van der Waals surface area contributed by atoms with E-state index in [9.17, 15) is 19.5 Å². The summed E-state index contributed by atoms with van der Waals surface area (Å²) in [6.45, 7) is 3.42. The van der Waals surface area contributed by atoms with Crippen molar-refractivity contribution in [2.45, 2.75) is 38.4 Å². The van der Waals surface area contributed by atoms with Crippen molar-refractivity contribution in [2.24, 2.45) is 5.41 Å². The van der Waals surface area contributed by atoms with Gasteiger partial charge in [0.1, 0.15) is 0 Å². The highest BCUT2D eigenvalue weighted by Gasteiger charge is 2.31. The highest BCUT2D eigenvalue weighted by atomic mass is 16.4. The zero-order valence-corrected chi connectivity index (χ0v) is 11.6. The zero-order valence-electron chi connectivity index (χ0n) is 11.6. The fraction of sp³-hybridized carbons (Fsp3) is 0.750. The van der Waals surface area contributed by atoms with Gasteiger partial charge in [0.2, 0.25) is 0 Å². The maximum absolute atomic E-state index is 10.8. The zero-order chi connectivity index (χ0) is 16.6. The Bertz CT molecular complexity index is 359. The lowest BCUT2D eigenvalue weighted by Gasteiger charge is -2.37. The minimum Gasteiger partial charge on any atom is -0.550 e. The number of hydrogen-bond donors (Lipinski definition) is 5. The topological polar surface area (TPSA) is 167 Å². The summed E-state index contributed by atoms with van der Waals surface area (Å²) >= 11 is 0. The summed E-state index contributed by atoms with van der Waals surface area (Å²) in [5, 5.41) is 46.4. The number of nitrogens with one attached hydrogen (secondary N) is 1. The van der Waals surface area contributed by atoms with Gasteiger partial charge in [0.15, 0.2) is 12.2 Å². The highest BCUT2D eigenvalue weighted by molar-refractivity contribution is 5.83. The van der Waals surface area contributed by atoms with Crippen LogP contribution in [0.2, 0.25) is 0 Å². The van der Waals surface area contributed by atoms with Gasteiger partial charge in [-0.1, -0.05) is 6.92 Å². The third-order valence-corrected chi connectivity index (χ3v) is 3.39. The SMILES string of the molecule is CC[C@]1(C(=O)[O-])CCCNC1.O=C(O)C(O)C(O)C(=O)O. The van der Waals surface area contributed by atoms with Gasteiger partial charge in [0, 0.05) is 17.9 Å². The van der Waals surface area contributed by atoms with Crippen molar-refractivity contribution in [3.05, 3.63) is 0 Å². The van der Waals surface area contributed by atoms with E-state index in [1.807, 2.05) is 6.92 Å². The maximum Gasteiger partial charge on any atom is 0.335 e. The number of aliphatic hydroxyl groups is 2. The third-order valence-electron chi connectivity index (χ3n) is 3.39. The predicted molar refractivity (Wildman–Crippen MR) is 67.1 cm³/mol. The van der Waals surface area contributed by atoms with Gasteiger partial charge in [-0.3, -0.25) is 0 Å². The molecule has 0 saturated carbocycles. The van der Waals surface area contributed by atoms with Crippen LogP contribution in [0.15, 0.2) is 0 Å². The van der Waals surface area contributed by atoms with E-state index in [1.54, 1.807) is 0 Å². The maximum atomic E-state index is 10.8. The standard InChI is InChI=1S/C8H15NO2.C4H6O6/c1-2-8(7(10)11)4-3-5-9-6-8;5-1(3(7)8)2(6)4(9)10/h9H,2-6H2,1H3,(H,10,11);1-2,5-6H,(H,7,8)(H,9,10)/p-1/t8-;/m0./s1. The molecule has 5 N–H and O–H groups in total. The second kappa shape index (κ2) is 8.55.